The van der Waals surface area contributed by atoms with Gasteiger partial charge in [-0.05, 0) is 68.7 Å². The molecular formula is C20H23ClN2O2. The van der Waals surface area contributed by atoms with Crippen LogP contribution < -0.4 is 10.2 Å². The number of fused-ring (bicyclic) bond motifs is 1. The summed E-state index contributed by atoms with van der Waals surface area (Å²) in [7, 11) is 0. The molecule has 0 fully saturated rings. The first-order valence-electron chi connectivity index (χ1n) is 8.43. The highest BCUT2D eigenvalue weighted by Gasteiger charge is 2.28. The molecule has 1 heterocycles. The summed E-state index contributed by atoms with van der Waals surface area (Å²) in [5, 5.41) is 4.15. The van der Waals surface area contributed by atoms with Gasteiger partial charge in [0.25, 0.3) is 0 Å². The number of amides is 1. The van der Waals surface area contributed by atoms with Crippen molar-refractivity contribution in [1.82, 2.24) is 0 Å². The van der Waals surface area contributed by atoms with Gasteiger partial charge in [-0.15, -0.1) is 0 Å². The molecule has 2 aromatic carbocycles. The minimum atomic E-state index is -0.486. The lowest BCUT2D eigenvalue weighted by Crippen LogP contribution is -2.35. The molecule has 1 N–H and O–H groups in total. The fraction of sp³-hybridized carbons (Fsp3) is 0.350. The number of ether oxygens (including phenoxy) is 1. The molecule has 132 valence electrons. The molecule has 0 unspecified atom stereocenters. The molecule has 0 bridgehead atoms. The molecule has 4 nitrogen and oxygen atoms in total. The second kappa shape index (κ2) is 6.96. The number of benzene rings is 2. The number of halogens is 1. The van der Waals surface area contributed by atoms with Crippen molar-refractivity contribution in [3.05, 3.63) is 58.6 Å². The van der Waals surface area contributed by atoms with E-state index < -0.39 is 5.60 Å². The first-order valence-corrected chi connectivity index (χ1v) is 8.81. The zero-order chi connectivity index (χ0) is 18.0. The van der Waals surface area contributed by atoms with Crippen LogP contribution in [0.2, 0.25) is 5.02 Å². The normalized spacial score (nSPS) is 13.5. The standard InChI is InChI=1S/C20H23ClN2O2/c1-20(2,3)25-19(24)23-11-10-15-12-17(8-9-18(15)23)22-13-14-4-6-16(21)7-5-14/h4-9,12,22H,10-11,13H2,1-3H3. The van der Waals surface area contributed by atoms with E-state index >= 15 is 0 Å². The van der Waals surface area contributed by atoms with E-state index in [0.29, 0.717) is 6.54 Å². The van der Waals surface area contributed by atoms with Gasteiger partial charge in [-0.25, -0.2) is 4.79 Å². The Hall–Kier alpha value is -2.20. The molecule has 0 saturated carbocycles. The second-order valence-corrected chi connectivity index (χ2v) is 7.64. The number of hydrogen-bond acceptors (Lipinski definition) is 3. The van der Waals surface area contributed by atoms with Crippen molar-refractivity contribution in [3.8, 4) is 0 Å². The minimum Gasteiger partial charge on any atom is -0.443 e. The van der Waals surface area contributed by atoms with Gasteiger partial charge in [0.2, 0.25) is 0 Å². The predicted molar refractivity (Wildman–Crippen MR) is 103 cm³/mol. The lowest BCUT2D eigenvalue weighted by molar-refractivity contribution is 0.0584. The van der Waals surface area contributed by atoms with E-state index in [0.717, 1.165) is 34.9 Å². The molecule has 2 aromatic rings. The average Bonchev–Trinajstić information content (AvgIpc) is 2.96. The van der Waals surface area contributed by atoms with E-state index in [1.807, 2.05) is 57.2 Å². The zero-order valence-corrected chi connectivity index (χ0v) is 15.6. The molecule has 0 saturated heterocycles. The van der Waals surface area contributed by atoms with E-state index in [1.54, 1.807) is 4.90 Å². The minimum absolute atomic E-state index is 0.284. The Bertz CT molecular complexity index is 766. The van der Waals surface area contributed by atoms with Gasteiger partial charge in [-0.3, -0.25) is 4.90 Å². The van der Waals surface area contributed by atoms with Crippen LogP contribution in [-0.4, -0.2) is 18.2 Å². The van der Waals surface area contributed by atoms with Gasteiger partial charge >= 0.3 is 6.09 Å². The molecule has 25 heavy (non-hydrogen) atoms. The van der Waals surface area contributed by atoms with Crippen LogP contribution in [0.3, 0.4) is 0 Å². The zero-order valence-electron chi connectivity index (χ0n) is 14.8. The number of nitrogens with one attached hydrogen (secondary N) is 1. The van der Waals surface area contributed by atoms with E-state index in [9.17, 15) is 4.79 Å². The van der Waals surface area contributed by atoms with Gasteiger partial charge in [0.1, 0.15) is 5.60 Å². The first-order chi connectivity index (χ1) is 11.8. The van der Waals surface area contributed by atoms with E-state index in [2.05, 4.69) is 11.4 Å². The van der Waals surface area contributed by atoms with E-state index in [1.165, 1.54) is 5.56 Å². The van der Waals surface area contributed by atoms with Gasteiger partial charge in [0.05, 0.1) is 5.69 Å². The molecular weight excluding hydrogens is 336 g/mol. The number of carbonyl (C=O) groups excluding carboxylic acids is 1. The van der Waals surface area contributed by atoms with Crippen molar-refractivity contribution in [2.75, 3.05) is 16.8 Å². The SMILES string of the molecule is CC(C)(C)OC(=O)N1CCc2cc(NCc3ccc(Cl)cc3)ccc21. The van der Waals surface area contributed by atoms with E-state index in [-0.39, 0.29) is 6.09 Å². The second-order valence-electron chi connectivity index (χ2n) is 7.21. The maximum Gasteiger partial charge on any atom is 0.414 e. The Labute approximate surface area is 153 Å². The van der Waals surface area contributed by atoms with Crippen LogP contribution in [0.25, 0.3) is 0 Å². The fourth-order valence-corrected chi connectivity index (χ4v) is 2.95. The van der Waals surface area contributed by atoms with Crippen LogP contribution in [0.15, 0.2) is 42.5 Å². The molecule has 0 aromatic heterocycles. The summed E-state index contributed by atoms with van der Waals surface area (Å²) in [5.74, 6) is 0. The van der Waals surface area contributed by atoms with Crippen LogP contribution in [0.4, 0.5) is 16.2 Å². The van der Waals surface area contributed by atoms with E-state index in [4.69, 9.17) is 16.3 Å². The van der Waals surface area contributed by atoms with Crippen molar-refractivity contribution in [1.29, 1.82) is 0 Å². The third-order valence-electron chi connectivity index (χ3n) is 4.00. The summed E-state index contributed by atoms with van der Waals surface area (Å²) in [5.41, 5.74) is 3.82. The molecule has 0 spiro atoms. The lowest BCUT2D eigenvalue weighted by Gasteiger charge is -2.24. The van der Waals surface area contributed by atoms with Crippen LogP contribution in [0.5, 0.6) is 0 Å². The third-order valence-corrected chi connectivity index (χ3v) is 4.25. The van der Waals surface area contributed by atoms with Crippen LogP contribution >= 0.6 is 11.6 Å². The highest BCUT2D eigenvalue weighted by Crippen LogP contribution is 2.31. The van der Waals surface area contributed by atoms with Crippen molar-refractivity contribution < 1.29 is 9.53 Å². The summed E-state index contributed by atoms with van der Waals surface area (Å²) >= 11 is 5.91. The van der Waals surface area contributed by atoms with Gasteiger partial charge in [-0.2, -0.15) is 0 Å². The summed E-state index contributed by atoms with van der Waals surface area (Å²) in [6.45, 7) is 7.03. The van der Waals surface area contributed by atoms with Crippen molar-refractivity contribution >= 4 is 29.1 Å². The summed E-state index contributed by atoms with van der Waals surface area (Å²) < 4.78 is 5.48. The first kappa shape index (κ1) is 17.6. The Kier molecular flexibility index (Phi) is 4.91. The lowest BCUT2D eigenvalue weighted by atomic mass is 10.1. The summed E-state index contributed by atoms with van der Waals surface area (Å²) in [4.78, 5) is 14.0. The maximum absolute atomic E-state index is 12.3. The van der Waals surface area contributed by atoms with Gasteiger partial charge in [0, 0.05) is 23.8 Å². The number of rotatable bonds is 3. The molecule has 5 heteroatoms. The highest BCUT2D eigenvalue weighted by molar-refractivity contribution is 6.30. The molecule has 0 aliphatic carbocycles. The van der Waals surface area contributed by atoms with Crippen LogP contribution in [-0.2, 0) is 17.7 Å². The Morgan fingerprint density at radius 1 is 1.20 bits per heavy atom. The quantitative estimate of drug-likeness (QED) is 0.814. The Balaban J connectivity index is 1.67. The summed E-state index contributed by atoms with van der Waals surface area (Å²) in [6, 6.07) is 13.9. The maximum atomic E-state index is 12.3. The fourth-order valence-electron chi connectivity index (χ4n) is 2.82. The Morgan fingerprint density at radius 3 is 2.60 bits per heavy atom. The topological polar surface area (TPSA) is 41.6 Å². The van der Waals surface area contributed by atoms with Gasteiger partial charge in [0.15, 0.2) is 0 Å². The molecule has 1 aliphatic heterocycles. The average molecular weight is 359 g/mol. The molecule has 0 atom stereocenters. The number of nitrogens with zero attached hydrogens (tertiary/aromatic N) is 1. The summed E-state index contributed by atoms with van der Waals surface area (Å²) in [6.07, 6.45) is 0.554. The van der Waals surface area contributed by atoms with Crippen molar-refractivity contribution in [2.24, 2.45) is 0 Å². The molecule has 0 radical (unpaired) electrons. The van der Waals surface area contributed by atoms with Crippen molar-refractivity contribution in [2.45, 2.75) is 39.3 Å². The smallest absolute Gasteiger partial charge is 0.414 e. The van der Waals surface area contributed by atoms with Crippen LogP contribution in [0, 0.1) is 0 Å². The number of anilines is 2. The highest BCUT2D eigenvalue weighted by atomic mass is 35.5. The number of hydrogen-bond donors (Lipinski definition) is 1. The van der Waals surface area contributed by atoms with Crippen molar-refractivity contribution in [3.63, 3.8) is 0 Å². The Morgan fingerprint density at radius 2 is 1.92 bits per heavy atom. The monoisotopic (exact) mass is 358 g/mol. The molecule has 3 rings (SSSR count). The molecule has 1 amide bonds. The molecule has 1 aliphatic rings. The van der Waals surface area contributed by atoms with Gasteiger partial charge < -0.3 is 10.1 Å². The number of carbonyl (C=O) groups is 1. The van der Waals surface area contributed by atoms with Crippen LogP contribution in [0.1, 0.15) is 31.9 Å². The third kappa shape index (κ3) is 4.45. The largest absolute Gasteiger partial charge is 0.443 e. The van der Waals surface area contributed by atoms with Gasteiger partial charge in [-0.1, -0.05) is 23.7 Å². The predicted octanol–water partition coefficient (Wildman–Crippen LogP) is 5.25.